The van der Waals surface area contributed by atoms with Crippen LogP contribution in [0.1, 0.15) is 44.9 Å². The maximum atomic E-state index is 12.2. The largest absolute Gasteiger partial charge is 0.396 e. The minimum Gasteiger partial charge on any atom is -0.396 e. The first kappa shape index (κ1) is 16.3. The van der Waals surface area contributed by atoms with Crippen LogP contribution in [0.4, 0.5) is 5.69 Å². The molecule has 21 heavy (non-hydrogen) atoms. The second kappa shape index (κ2) is 9.05. The van der Waals surface area contributed by atoms with Crippen molar-refractivity contribution in [2.24, 2.45) is 5.92 Å². The van der Waals surface area contributed by atoms with Crippen molar-refractivity contribution in [1.29, 1.82) is 0 Å². The van der Waals surface area contributed by atoms with Gasteiger partial charge in [-0.1, -0.05) is 19.3 Å². The fraction of sp³-hybridized carbons (Fsp3) is 0.625. The van der Waals surface area contributed by atoms with Gasteiger partial charge in [-0.15, -0.1) is 11.8 Å². The van der Waals surface area contributed by atoms with E-state index in [4.69, 9.17) is 5.11 Å². The summed E-state index contributed by atoms with van der Waals surface area (Å²) < 4.78 is 0. The van der Waals surface area contributed by atoms with Crippen LogP contribution in [0.5, 0.6) is 0 Å². The molecule has 1 aliphatic carbocycles. The van der Waals surface area contributed by atoms with Gasteiger partial charge >= 0.3 is 0 Å². The van der Waals surface area contributed by atoms with Crippen molar-refractivity contribution in [2.45, 2.75) is 49.8 Å². The molecule has 0 radical (unpaired) electrons. The molecular formula is C16H24N2O2S. The molecule has 0 aromatic carbocycles. The molecule has 1 saturated carbocycles. The number of rotatable bonds is 7. The van der Waals surface area contributed by atoms with Crippen LogP contribution in [-0.2, 0) is 4.79 Å². The second-order valence-electron chi connectivity index (χ2n) is 5.55. The molecule has 1 amide bonds. The molecule has 0 atom stereocenters. The average molecular weight is 308 g/mol. The van der Waals surface area contributed by atoms with Gasteiger partial charge in [0.15, 0.2) is 0 Å². The van der Waals surface area contributed by atoms with E-state index in [1.54, 1.807) is 24.2 Å². The molecule has 1 aliphatic rings. The summed E-state index contributed by atoms with van der Waals surface area (Å²) in [7, 11) is 0. The molecular weight excluding hydrogens is 284 g/mol. The minimum atomic E-state index is 0.0962. The van der Waals surface area contributed by atoms with E-state index in [1.165, 1.54) is 32.1 Å². The molecule has 116 valence electrons. The highest BCUT2D eigenvalue weighted by molar-refractivity contribution is 7.99. The summed E-state index contributed by atoms with van der Waals surface area (Å²) in [6, 6.07) is 1.91. The number of thioether (sulfide) groups is 1. The van der Waals surface area contributed by atoms with Gasteiger partial charge in [0, 0.05) is 29.9 Å². The number of aliphatic hydroxyl groups is 1. The highest BCUT2D eigenvalue weighted by Crippen LogP contribution is 2.29. The van der Waals surface area contributed by atoms with E-state index in [0.29, 0.717) is 12.3 Å². The Morgan fingerprint density at radius 1 is 1.38 bits per heavy atom. The number of anilines is 1. The van der Waals surface area contributed by atoms with Gasteiger partial charge < -0.3 is 10.4 Å². The summed E-state index contributed by atoms with van der Waals surface area (Å²) >= 11 is 1.64. The van der Waals surface area contributed by atoms with Crippen LogP contribution in [0, 0.1) is 5.92 Å². The average Bonchev–Trinajstić information content (AvgIpc) is 2.50. The Morgan fingerprint density at radius 2 is 2.19 bits per heavy atom. The summed E-state index contributed by atoms with van der Waals surface area (Å²) in [6.07, 6.45) is 11.0. The predicted molar refractivity (Wildman–Crippen MR) is 86.5 cm³/mol. The van der Waals surface area contributed by atoms with Crippen molar-refractivity contribution < 1.29 is 9.90 Å². The summed E-state index contributed by atoms with van der Waals surface area (Å²) in [5.74, 6) is 1.48. The van der Waals surface area contributed by atoms with Gasteiger partial charge in [0.1, 0.15) is 0 Å². The Bertz CT molecular complexity index is 448. The number of aromatic nitrogens is 1. The number of pyridine rings is 1. The quantitative estimate of drug-likeness (QED) is 0.598. The number of hydrogen-bond acceptors (Lipinski definition) is 4. The Labute approximate surface area is 130 Å². The minimum absolute atomic E-state index is 0.0962. The van der Waals surface area contributed by atoms with Crippen molar-refractivity contribution in [3.05, 3.63) is 18.5 Å². The third-order valence-corrected chi connectivity index (χ3v) is 4.97. The van der Waals surface area contributed by atoms with Gasteiger partial charge in [-0.25, -0.2) is 0 Å². The molecule has 1 aromatic heterocycles. The van der Waals surface area contributed by atoms with E-state index in [1.807, 2.05) is 6.07 Å². The molecule has 0 saturated heterocycles. The van der Waals surface area contributed by atoms with E-state index in [-0.39, 0.29) is 12.5 Å². The number of amides is 1. The fourth-order valence-electron chi connectivity index (χ4n) is 2.70. The highest BCUT2D eigenvalue weighted by Gasteiger charge is 2.17. The second-order valence-corrected chi connectivity index (χ2v) is 6.69. The van der Waals surface area contributed by atoms with E-state index < -0.39 is 0 Å². The van der Waals surface area contributed by atoms with Gasteiger partial charge in [0.25, 0.3) is 0 Å². The molecule has 0 unspecified atom stereocenters. The van der Waals surface area contributed by atoms with Crippen LogP contribution < -0.4 is 5.32 Å². The first-order valence-electron chi connectivity index (χ1n) is 7.77. The SMILES string of the molecule is O=C(CC1CCCCC1)Nc1cnccc1SCCCO. The zero-order valence-electron chi connectivity index (χ0n) is 12.4. The van der Waals surface area contributed by atoms with Crippen LogP contribution in [-0.4, -0.2) is 28.4 Å². The smallest absolute Gasteiger partial charge is 0.224 e. The molecule has 0 spiro atoms. The first-order valence-corrected chi connectivity index (χ1v) is 8.75. The zero-order valence-corrected chi connectivity index (χ0v) is 13.2. The molecule has 1 heterocycles. The molecule has 2 rings (SSSR count). The molecule has 2 N–H and O–H groups in total. The third-order valence-electron chi connectivity index (χ3n) is 3.81. The standard InChI is InChI=1S/C16H24N2O2S/c19-9-4-10-21-15-7-8-17-12-14(15)18-16(20)11-13-5-2-1-3-6-13/h7-8,12-13,19H,1-6,9-11H2,(H,18,20). The Hall–Kier alpha value is -1.07. The van der Waals surface area contributed by atoms with Crippen LogP contribution in [0.15, 0.2) is 23.4 Å². The molecule has 1 aromatic rings. The fourth-order valence-corrected chi connectivity index (χ4v) is 3.61. The first-order chi connectivity index (χ1) is 10.3. The van der Waals surface area contributed by atoms with Crippen molar-refractivity contribution in [3.63, 3.8) is 0 Å². The lowest BCUT2D eigenvalue weighted by molar-refractivity contribution is -0.117. The van der Waals surface area contributed by atoms with Gasteiger partial charge in [0.2, 0.25) is 5.91 Å². The Morgan fingerprint density at radius 3 is 2.95 bits per heavy atom. The third kappa shape index (κ3) is 5.67. The predicted octanol–water partition coefficient (Wildman–Crippen LogP) is 3.47. The summed E-state index contributed by atoms with van der Waals surface area (Å²) in [5, 5.41) is 11.8. The monoisotopic (exact) mass is 308 g/mol. The van der Waals surface area contributed by atoms with Gasteiger partial charge in [-0.05, 0) is 31.2 Å². The van der Waals surface area contributed by atoms with Crippen molar-refractivity contribution in [1.82, 2.24) is 4.98 Å². The normalized spacial score (nSPS) is 15.9. The zero-order chi connectivity index (χ0) is 14.9. The van der Waals surface area contributed by atoms with Crippen LogP contribution in [0.25, 0.3) is 0 Å². The summed E-state index contributed by atoms with van der Waals surface area (Å²) in [5.41, 5.74) is 0.793. The van der Waals surface area contributed by atoms with E-state index in [9.17, 15) is 4.79 Å². The maximum absolute atomic E-state index is 12.2. The summed E-state index contributed by atoms with van der Waals surface area (Å²) in [6.45, 7) is 0.196. The Kier molecular flexibility index (Phi) is 7.03. The summed E-state index contributed by atoms with van der Waals surface area (Å²) in [4.78, 5) is 17.3. The van der Waals surface area contributed by atoms with Gasteiger partial charge in [-0.3, -0.25) is 9.78 Å². The van der Waals surface area contributed by atoms with E-state index in [0.717, 1.165) is 22.8 Å². The van der Waals surface area contributed by atoms with E-state index >= 15 is 0 Å². The topological polar surface area (TPSA) is 62.2 Å². The number of nitrogens with one attached hydrogen (secondary N) is 1. The van der Waals surface area contributed by atoms with Crippen molar-refractivity contribution >= 4 is 23.4 Å². The number of aliphatic hydroxyl groups excluding tert-OH is 1. The Balaban J connectivity index is 1.87. The highest BCUT2D eigenvalue weighted by atomic mass is 32.2. The molecule has 0 aliphatic heterocycles. The van der Waals surface area contributed by atoms with Crippen molar-refractivity contribution in [2.75, 3.05) is 17.7 Å². The lowest BCUT2D eigenvalue weighted by Gasteiger charge is -2.21. The molecule has 5 heteroatoms. The lowest BCUT2D eigenvalue weighted by Crippen LogP contribution is -2.18. The lowest BCUT2D eigenvalue weighted by atomic mass is 9.87. The van der Waals surface area contributed by atoms with Crippen LogP contribution in [0.2, 0.25) is 0 Å². The number of hydrogen-bond donors (Lipinski definition) is 2. The van der Waals surface area contributed by atoms with Crippen molar-refractivity contribution in [3.8, 4) is 0 Å². The number of carbonyl (C=O) groups is 1. The molecule has 4 nitrogen and oxygen atoms in total. The van der Waals surface area contributed by atoms with Crippen LogP contribution in [0.3, 0.4) is 0 Å². The number of carbonyl (C=O) groups excluding carboxylic acids is 1. The molecule has 1 fully saturated rings. The van der Waals surface area contributed by atoms with Crippen LogP contribution >= 0.6 is 11.8 Å². The molecule has 0 bridgehead atoms. The number of nitrogens with zero attached hydrogens (tertiary/aromatic N) is 1. The van der Waals surface area contributed by atoms with E-state index in [2.05, 4.69) is 10.3 Å². The van der Waals surface area contributed by atoms with Gasteiger partial charge in [0.05, 0.1) is 11.9 Å². The maximum Gasteiger partial charge on any atom is 0.224 e. The van der Waals surface area contributed by atoms with Gasteiger partial charge in [-0.2, -0.15) is 0 Å².